The lowest BCUT2D eigenvalue weighted by molar-refractivity contribution is -0.153. The predicted molar refractivity (Wildman–Crippen MR) is 71.7 cm³/mol. The van der Waals surface area contributed by atoms with Gasteiger partial charge in [0.2, 0.25) is 0 Å². The fourth-order valence-electron chi connectivity index (χ4n) is 3.03. The number of hydrogen-bond acceptors (Lipinski definition) is 3. The van der Waals surface area contributed by atoms with E-state index >= 15 is 0 Å². The summed E-state index contributed by atoms with van der Waals surface area (Å²) in [6, 6.07) is 0. The van der Waals surface area contributed by atoms with Gasteiger partial charge in [0.25, 0.3) is 0 Å². The van der Waals surface area contributed by atoms with Crippen molar-refractivity contribution in [3.8, 4) is 0 Å². The van der Waals surface area contributed by atoms with Crippen LogP contribution < -0.4 is 0 Å². The average Bonchev–Trinajstić information content (AvgIpc) is 2.29. The Hall–Kier alpha value is -0.610. The number of ether oxygens (including phenoxy) is 1. The Morgan fingerprint density at radius 3 is 2.83 bits per heavy atom. The van der Waals surface area contributed by atoms with Gasteiger partial charge in [-0.15, -0.1) is 0 Å². The van der Waals surface area contributed by atoms with Crippen LogP contribution in [0.2, 0.25) is 0 Å². The fraction of sp³-hybridized carbons (Fsp3) is 0.929. The Balaban J connectivity index is 2.54. The molecule has 0 heterocycles. The second-order valence-corrected chi connectivity index (χ2v) is 5.72. The quantitative estimate of drug-likeness (QED) is 0.711. The molecule has 1 N–H and O–H groups in total. The lowest BCUT2D eigenvalue weighted by atomic mass is 9.70. The molecule has 0 spiro atoms. The van der Waals surface area contributed by atoms with Gasteiger partial charge >= 0.3 is 5.97 Å². The third-order valence-corrected chi connectivity index (χ3v) is 3.94. The standard InChI is InChI=1S/C14H27NO3/c1-4-18-9-8-15(3)11-14(13(16)17)7-5-6-12(2)10-14/h12H,4-11H2,1-3H3,(H,16,17). The molecule has 0 saturated heterocycles. The number of carboxylic acid groups (broad SMARTS) is 1. The molecule has 1 fully saturated rings. The van der Waals surface area contributed by atoms with Crippen molar-refractivity contribution in [3.05, 3.63) is 0 Å². The topological polar surface area (TPSA) is 49.8 Å². The molecule has 2 unspecified atom stereocenters. The van der Waals surface area contributed by atoms with E-state index in [4.69, 9.17) is 4.74 Å². The second-order valence-electron chi connectivity index (χ2n) is 5.72. The molecule has 0 radical (unpaired) electrons. The molecule has 1 aliphatic rings. The van der Waals surface area contributed by atoms with E-state index in [0.717, 1.165) is 38.8 Å². The molecule has 0 aromatic heterocycles. The molecular weight excluding hydrogens is 230 g/mol. The summed E-state index contributed by atoms with van der Waals surface area (Å²) in [6.45, 7) is 6.97. The van der Waals surface area contributed by atoms with Crippen molar-refractivity contribution in [1.82, 2.24) is 4.90 Å². The molecule has 0 bridgehead atoms. The molecule has 1 rings (SSSR count). The summed E-state index contributed by atoms with van der Waals surface area (Å²) < 4.78 is 5.32. The Bertz CT molecular complexity index is 270. The van der Waals surface area contributed by atoms with E-state index in [9.17, 15) is 9.90 Å². The van der Waals surface area contributed by atoms with Crippen molar-refractivity contribution in [1.29, 1.82) is 0 Å². The Labute approximate surface area is 110 Å². The zero-order valence-electron chi connectivity index (χ0n) is 11.9. The average molecular weight is 257 g/mol. The summed E-state index contributed by atoms with van der Waals surface area (Å²) in [4.78, 5) is 13.7. The zero-order valence-corrected chi connectivity index (χ0v) is 11.9. The molecule has 1 saturated carbocycles. The minimum absolute atomic E-state index is 0.523. The Morgan fingerprint density at radius 2 is 2.28 bits per heavy atom. The summed E-state index contributed by atoms with van der Waals surface area (Å²) in [5, 5.41) is 9.57. The maximum absolute atomic E-state index is 11.6. The van der Waals surface area contributed by atoms with Crippen LogP contribution in [0, 0.1) is 11.3 Å². The highest BCUT2D eigenvalue weighted by atomic mass is 16.5. The van der Waals surface area contributed by atoms with Crippen LogP contribution in [-0.2, 0) is 9.53 Å². The fourth-order valence-corrected chi connectivity index (χ4v) is 3.03. The van der Waals surface area contributed by atoms with Crippen LogP contribution in [-0.4, -0.2) is 49.3 Å². The number of carbonyl (C=O) groups is 1. The van der Waals surface area contributed by atoms with Gasteiger partial charge in [-0.1, -0.05) is 19.8 Å². The summed E-state index contributed by atoms with van der Waals surface area (Å²) in [5.41, 5.74) is -0.543. The first-order chi connectivity index (χ1) is 8.50. The Kier molecular flexibility index (Phi) is 6.09. The van der Waals surface area contributed by atoms with Gasteiger partial charge in [0, 0.05) is 19.7 Å². The smallest absolute Gasteiger partial charge is 0.310 e. The third-order valence-electron chi connectivity index (χ3n) is 3.94. The van der Waals surface area contributed by atoms with Gasteiger partial charge in [0.15, 0.2) is 0 Å². The number of rotatable bonds is 7. The minimum atomic E-state index is -0.627. The number of aliphatic carboxylic acids is 1. The van der Waals surface area contributed by atoms with Crippen LogP contribution in [0.3, 0.4) is 0 Å². The SMILES string of the molecule is CCOCCN(C)CC1(C(=O)O)CCCC(C)C1. The number of carboxylic acids is 1. The van der Waals surface area contributed by atoms with Crippen molar-refractivity contribution in [3.63, 3.8) is 0 Å². The largest absolute Gasteiger partial charge is 0.481 e. The van der Waals surface area contributed by atoms with Crippen LogP contribution >= 0.6 is 0 Å². The van der Waals surface area contributed by atoms with Gasteiger partial charge in [0.1, 0.15) is 0 Å². The van der Waals surface area contributed by atoms with Crippen LogP contribution in [0.5, 0.6) is 0 Å². The molecule has 0 aliphatic heterocycles. The predicted octanol–water partition coefficient (Wildman–Crippen LogP) is 2.24. The summed E-state index contributed by atoms with van der Waals surface area (Å²) in [7, 11) is 1.99. The first kappa shape index (κ1) is 15.4. The minimum Gasteiger partial charge on any atom is -0.481 e. The molecule has 0 aromatic rings. The Morgan fingerprint density at radius 1 is 1.56 bits per heavy atom. The van der Waals surface area contributed by atoms with Gasteiger partial charge in [-0.2, -0.15) is 0 Å². The van der Waals surface area contributed by atoms with Crippen molar-refractivity contribution < 1.29 is 14.6 Å². The van der Waals surface area contributed by atoms with Crippen molar-refractivity contribution >= 4 is 5.97 Å². The van der Waals surface area contributed by atoms with Gasteiger partial charge < -0.3 is 14.7 Å². The molecule has 0 amide bonds. The molecule has 4 heteroatoms. The van der Waals surface area contributed by atoms with Gasteiger partial charge in [-0.3, -0.25) is 4.79 Å². The lowest BCUT2D eigenvalue weighted by Gasteiger charge is -2.39. The highest BCUT2D eigenvalue weighted by Gasteiger charge is 2.42. The van der Waals surface area contributed by atoms with E-state index in [2.05, 4.69) is 11.8 Å². The van der Waals surface area contributed by atoms with Crippen molar-refractivity contribution in [2.75, 3.05) is 33.4 Å². The lowest BCUT2D eigenvalue weighted by Crippen LogP contribution is -2.45. The van der Waals surface area contributed by atoms with E-state index < -0.39 is 11.4 Å². The third kappa shape index (κ3) is 4.25. The van der Waals surface area contributed by atoms with Crippen LogP contribution in [0.1, 0.15) is 39.5 Å². The zero-order chi connectivity index (χ0) is 13.6. The van der Waals surface area contributed by atoms with E-state index in [0.29, 0.717) is 19.1 Å². The van der Waals surface area contributed by atoms with Gasteiger partial charge in [-0.25, -0.2) is 0 Å². The molecule has 2 atom stereocenters. The summed E-state index contributed by atoms with van der Waals surface area (Å²) >= 11 is 0. The second kappa shape index (κ2) is 7.10. The van der Waals surface area contributed by atoms with Gasteiger partial charge in [-0.05, 0) is 32.7 Å². The molecule has 106 valence electrons. The van der Waals surface area contributed by atoms with E-state index in [-0.39, 0.29) is 0 Å². The summed E-state index contributed by atoms with van der Waals surface area (Å²) in [6.07, 6.45) is 3.82. The molecule has 0 aromatic carbocycles. The normalized spacial score (nSPS) is 28.6. The van der Waals surface area contributed by atoms with E-state index in [1.54, 1.807) is 0 Å². The van der Waals surface area contributed by atoms with E-state index in [1.807, 2.05) is 14.0 Å². The highest BCUT2D eigenvalue weighted by Crippen LogP contribution is 2.40. The number of likely N-dealkylation sites (N-methyl/N-ethyl adjacent to an activating group) is 1. The molecule has 4 nitrogen and oxygen atoms in total. The molecule has 18 heavy (non-hydrogen) atoms. The highest BCUT2D eigenvalue weighted by molar-refractivity contribution is 5.75. The van der Waals surface area contributed by atoms with Crippen molar-refractivity contribution in [2.45, 2.75) is 39.5 Å². The number of nitrogens with zero attached hydrogens (tertiary/aromatic N) is 1. The van der Waals surface area contributed by atoms with Gasteiger partial charge in [0.05, 0.1) is 12.0 Å². The monoisotopic (exact) mass is 257 g/mol. The van der Waals surface area contributed by atoms with Crippen LogP contribution in [0.4, 0.5) is 0 Å². The first-order valence-corrected chi connectivity index (χ1v) is 7.00. The number of hydrogen-bond donors (Lipinski definition) is 1. The molecule has 1 aliphatic carbocycles. The first-order valence-electron chi connectivity index (χ1n) is 7.00. The van der Waals surface area contributed by atoms with Crippen LogP contribution in [0.25, 0.3) is 0 Å². The summed E-state index contributed by atoms with van der Waals surface area (Å²) in [5.74, 6) is -0.104. The maximum atomic E-state index is 11.6. The van der Waals surface area contributed by atoms with Crippen LogP contribution in [0.15, 0.2) is 0 Å². The van der Waals surface area contributed by atoms with E-state index in [1.165, 1.54) is 0 Å². The van der Waals surface area contributed by atoms with Crippen molar-refractivity contribution in [2.24, 2.45) is 11.3 Å². The maximum Gasteiger partial charge on any atom is 0.310 e. The molecular formula is C14H27NO3.